The van der Waals surface area contributed by atoms with Crippen molar-refractivity contribution in [3.63, 3.8) is 0 Å². The van der Waals surface area contributed by atoms with E-state index in [0.717, 1.165) is 34.5 Å². The average molecular weight is 307 g/mol. The second-order valence-corrected chi connectivity index (χ2v) is 5.85. The largest absolute Gasteiger partial charge is 0.485 e. The topological polar surface area (TPSA) is 52.0 Å². The predicted molar refractivity (Wildman–Crippen MR) is 81.4 cm³/mol. The molecule has 6 heteroatoms. The van der Waals surface area contributed by atoms with Gasteiger partial charge in [0.15, 0.2) is 5.82 Å². The summed E-state index contributed by atoms with van der Waals surface area (Å²) in [6, 6.07) is 6.36. The highest BCUT2D eigenvalue weighted by Crippen LogP contribution is 2.26. The minimum atomic E-state index is 0.398. The zero-order valence-corrected chi connectivity index (χ0v) is 13.0. The Morgan fingerprint density at radius 1 is 1.38 bits per heavy atom. The predicted octanol–water partition coefficient (Wildman–Crippen LogP) is 2.61. The molecule has 1 aromatic carbocycles. The lowest BCUT2D eigenvalue weighted by atomic mass is 10.2. The van der Waals surface area contributed by atoms with Gasteiger partial charge in [-0.3, -0.25) is 0 Å². The van der Waals surface area contributed by atoms with Crippen LogP contribution in [-0.4, -0.2) is 20.8 Å². The van der Waals surface area contributed by atoms with Crippen LogP contribution in [0.25, 0.3) is 0 Å². The highest BCUT2D eigenvalue weighted by molar-refractivity contribution is 6.30. The van der Waals surface area contributed by atoms with Gasteiger partial charge in [0.2, 0.25) is 0 Å². The number of aromatic nitrogens is 3. The van der Waals surface area contributed by atoms with Crippen LogP contribution in [0, 0.1) is 6.92 Å². The summed E-state index contributed by atoms with van der Waals surface area (Å²) in [4.78, 5) is 0. The maximum absolute atomic E-state index is 6.08. The number of hydrogen-bond acceptors (Lipinski definition) is 4. The molecule has 112 valence electrons. The van der Waals surface area contributed by atoms with Gasteiger partial charge < -0.3 is 14.6 Å². The molecule has 0 unspecified atom stereocenters. The molecule has 21 heavy (non-hydrogen) atoms. The van der Waals surface area contributed by atoms with E-state index >= 15 is 0 Å². The minimum absolute atomic E-state index is 0.398. The Kier molecular flexibility index (Phi) is 4.12. The van der Waals surface area contributed by atoms with E-state index in [4.69, 9.17) is 16.3 Å². The molecule has 1 aliphatic carbocycles. The molecule has 1 heterocycles. The van der Waals surface area contributed by atoms with Crippen LogP contribution in [0.1, 0.15) is 30.1 Å². The first kappa shape index (κ1) is 14.4. The number of ether oxygens (including phenoxy) is 1. The summed E-state index contributed by atoms with van der Waals surface area (Å²) in [5.74, 6) is 2.53. The third-order valence-electron chi connectivity index (χ3n) is 3.72. The number of nitrogens with one attached hydrogen (secondary N) is 1. The Balaban J connectivity index is 1.69. The standard InChI is InChI=1S/C15H19ClN4O/c1-10-18-19-15(20(10)2)9-21-14-6-3-12(16)7-11(14)8-17-13-4-5-13/h3,6-7,13,17H,4-5,8-9H2,1-2H3. The summed E-state index contributed by atoms with van der Waals surface area (Å²) in [5.41, 5.74) is 1.08. The highest BCUT2D eigenvalue weighted by Gasteiger charge is 2.20. The number of rotatable bonds is 6. The molecule has 1 saturated carbocycles. The first-order valence-electron chi connectivity index (χ1n) is 7.13. The second kappa shape index (κ2) is 6.03. The van der Waals surface area contributed by atoms with Crippen molar-refractivity contribution in [1.82, 2.24) is 20.1 Å². The Labute approximate surface area is 129 Å². The van der Waals surface area contributed by atoms with E-state index in [2.05, 4.69) is 15.5 Å². The molecule has 0 bridgehead atoms. The van der Waals surface area contributed by atoms with Crippen LogP contribution in [0.5, 0.6) is 5.75 Å². The third-order valence-corrected chi connectivity index (χ3v) is 3.96. The Morgan fingerprint density at radius 3 is 2.86 bits per heavy atom. The van der Waals surface area contributed by atoms with Crippen molar-refractivity contribution >= 4 is 11.6 Å². The average Bonchev–Trinajstić information content (AvgIpc) is 3.24. The molecule has 0 amide bonds. The van der Waals surface area contributed by atoms with E-state index in [1.54, 1.807) is 0 Å². The maximum atomic E-state index is 6.08. The summed E-state index contributed by atoms with van der Waals surface area (Å²) < 4.78 is 7.83. The van der Waals surface area contributed by atoms with Crippen molar-refractivity contribution in [2.24, 2.45) is 7.05 Å². The van der Waals surface area contributed by atoms with E-state index in [1.807, 2.05) is 36.7 Å². The summed E-state index contributed by atoms with van der Waals surface area (Å²) in [6.45, 7) is 3.09. The fourth-order valence-corrected chi connectivity index (χ4v) is 2.28. The lowest BCUT2D eigenvalue weighted by Gasteiger charge is -2.12. The van der Waals surface area contributed by atoms with E-state index < -0.39 is 0 Å². The summed E-state index contributed by atoms with van der Waals surface area (Å²) in [7, 11) is 1.94. The normalized spacial score (nSPS) is 14.4. The summed E-state index contributed by atoms with van der Waals surface area (Å²) in [5, 5.41) is 12.3. The smallest absolute Gasteiger partial charge is 0.170 e. The monoisotopic (exact) mass is 306 g/mol. The Morgan fingerprint density at radius 2 is 2.19 bits per heavy atom. The molecule has 5 nitrogen and oxygen atoms in total. The number of benzene rings is 1. The molecule has 0 radical (unpaired) electrons. The minimum Gasteiger partial charge on any atom is -0.485 e. The molecule has 2 aromatic rings. The second-order valence-electron chi connectivity index (χ2n) is 5.42. The van der Waals surface area contributed by atoms with Gasteiger partial charge in [-0.05, 0) is 38.0 Å². The number of hydrogen-bond donors (Lipinski definition) is 1. The molecular formula is C15H19ClN4O. The molecule has 1 N–H and O–H groups in total. The van der Waals surface area contributed by atoms with Crippen molar-refractivity contribution in [3.8, 4) is 5.75 Å². The SMILES string of the molecule is Cc1nnc(COc2ccc(Cl)cc2CNC2CC2)n1C. The zero-order chi connectivity index (χ0) is 14.8. The van der Waals surface area contributed by atoms with Gasteiger partial charge >= 0.3 is 0 Å². The molecule has 1 aliphatic rings. The van der Waals surface area contributed by atoms with Crippen LogP contribution in [0.2, 0.25) is 5.02 Å². The maximum Gasteiger partial charge on any atom is 0.170 e. The van der Waals surface area contributed by atoms with E-state index in [-0.39, 0.29) is 0 Å². The van der Waals surface area contributed by atoms with E-state index in [9.17, 15) is 0 Å². The van der Waals surface area contributed by atoms with Gasteiger partial charge in [0.1, 0.15) is 18.2 Å². The Bertz CT molecular complexity index is 637. The summed E-state index contributed by atoms with van der Waals surface area (Å²) in [6.07, 6.45) is 2.52. The highest BCUT2D eigenvalue weighted by atomic mass is 35.5. The van der Waals surface area contributed by atoms with Gasteiger partial charge in [-0.1, -0.05) is 11.6 Å². The Hall–Kier alpha value is -1.59. The summed E-state index contributed by atoms with van der Waals surface area (Å²) >= 11 is 6.08. The molecule has 1 fully saturated rings. The van der Waals surface area contributed by atoms with Crippen LogP contribution in [-0.2, 0) is 20.2 Å². The van der Waals surface area contributed by atoms with Crippen LogP contribution >= 0.6 is 11.6 Å². The van der Waals surface area contributed by atoms with Gasteiger partial charge in [0.05, 0.1) is 0 Å². The lowest BCUT2D eigenvalue weighted by Crippen LogP contribution is -2.16. The fourth-order valence-electron chi connectivity index (χ4n) is 2.09. The van der Waals surface area contributed by atoms with Crippen LogP contribution in [0.4, 0.5) is 0 Å². The molecule has 0 saturated heterocycles. The third kappa shape index (κ3) is 3.54. The van der Waals surface area contributed by atoms with E-state index in [1.165, 1.54) is 12.8 Å². The van der Waals surface area contributed by atoms with Crippen LogP contribution in [0.15, 0.2) is 18.2 Å². The molecule has 3 rings (SSSR count). The zero-order valence-electron chi connectivity index (χ0n) is 12.3. The number of aryl methyl sites for hydroxylation is 1. The quantitative estimate of drug-likeness (QED) is 0.891. The van der Waals surface area contributed by atoms with Crippen molar-refractivity contribution in [2.45, 2.75) is 39.0 Å². The number of halogens is 1. The fraction of sp³-hybridized carbons (Fsp3) is 0.467. The first-order valence-corrected chi connectivity index (χ1v) is 7.51. The number of nitrogens with zero attached hydrogens (tertiary/aromatic N) is 3. The molecule has 0 spiro atoms. The van der Waals surface area contributed by atoms with Gasteiger partial charge in [-0.25, -0.2) is 0 Å². The molecular weight excluding hydrogens is 288 g/mol. The van der Waals surface area contributed by atoms with Crippen molar-refractivity contribution in [2.75, 3.05) is 0 Å². The van der Waals surface area contributed by atoms with Gasteiger partial charge in [0.25, 0.3) is 0 Å². The van der Waals surface area contributed by atoms with Crippen LogP contribution in [0.3, 0.4) is 0 Å². The van der Waals surface area contributed by atoms with Crippen molar-refractivity contribution in [3.05, 3.63) is 40.4 Å². The van der Waals surface area contributed by atoms with Gasteiger partial charge in [0, 0.05) is 30.2 Å². The lowest BCUT2D eigenvalue weighted by molar-refractivity contribution is 0.287. The molecule has 0 atom stereocenters. The molecule has 1 aromatic heterocycles. The van der Waals surface area contributed by atoms with Gasteiger partial charge in [-0.2, -0.15) is 0 Å². The van der Waals surface area contributed by atoms with Gasteiger partial charge in [-0.15, -0.1) is 10.2 Å². The first-order chi connectivity index (χ1) is 10.1. The van der Waals surface area contributed by atoms with Crippen molar-refractivity contribution < 1.29 is 4.74 Å². The van der Waals surface area contributed by atoms with E-state index in [0.29, 0.717) is 12.6 Å². The molecule has 0 aliphatic heterocycles. The van der Waals surface area contributed by atoms with Crippen molar-refractivity contribution in [1.29, 1.82) is 0 Å². The van der Waals surface area contributed by atoms with Crippen LogP contribution < -0.4 is 10.1 Å².